The van der Waals surface area contributed by atoms with Crippen molar-refractivity contribution < 1.29 is 14.5 Å². The van der Waals surface area contributed by atoms with Gasteiger partial charge in [0.1, 0.15) is 0 Å². The fourth-order valence-electron chi connectivity index (χ4n) is 4.69. The van der Waals surface area contributed by atoms with Crippen LogP contribution < -0.4 is 5.32 Å². The molecule has 1 aliphatic heterocycles. The lowest BCUT2D eigenvalue weighted by molar-refractivity contribution is -0.385. The number of allylic oxidation sites excluding steroid dienone is 4. The zero-order valence-corrected chi connectivity index (χ0v) is 15.5. The minimum absolute atomic E-state index is 0.0163. The first-order chi connectivity index (χ1) is 12.9. The number of nitrogens with one attached hydrogen (secondary N) is 1. The number of rotatable bonds is 2. The third kappa shape index (κ3) is 2.89. The van der Waals surface area contributed by atoms with Gasteiger partial charge in [0.2, 0.25) is 0 Å². The predicted molar refractivity (Wildman–Crippen MR) is 99.8 cm³/mol. The van der Waals surface area contributed by atoms with Crippen molar-refractivity contribution in [1.29, 1.82) is 0 Å². The number of carbonyl (C=O) groups is 2. The van der Waals surface area contributed by atoms with Gasteiger partial charge in [-0.25, -0.2) is 0 Å². The quantitative estimate of drug-likeness (QED) is 0.635. The van der Waals surface area contributed by atoms with Crippen LogP contribution in [0.1, 0.15) is 51.0 Å². The largest absolute Gasteiger partial charge is 0.362 e. The van der Waals surface area contributed by atoms with Gasteiger partial charge in [-0.15, -0.1) is 0 Å². The van der Waals surface area contributed by atoms with Crippen LogP contribution in [0.5, 0.6) is 0 Å². The van der Waals surface area contributed by atoms with Crippen molar-refractivity contribution in [2.24, 2.45) is 11.8 Å². The zero-order chi connectivity index (χ0) is 19.3. The average molecular weight is 366 g/mol. The third-order valence-electron chi connectivity index (χ3n) is 5.75. The summed E-state index contributed by atoms with van der Waals surface area (Å²) in [6, 6.07) is 6.48. The van der Waals surface area contributed by atoms with Gasteiger partial charge in [0.15, 0.2) is 11.6 Å². The molecule has 0 radical (unpaired) electrons. The summed E-state index contributed by atoms with van der Waals surface area (Å²) in [6.45, 7) is 4.06. The van der Waals surface area contributed by atoms with Crippen LogP contribution in [0.15, 0.2) is 46.8 Å². The Hall–Kier alpha value is -2.76. The van der Waals surface area contributed by atoms with Crippen LogP contribution in [0.2, 0.25) is 0 Å². The monoisotopic (exact) mass is 366 g/mol. The van der Waals surface area contributed by atoms with Crippen molar-refractivity contribution in [3.8, 4) is 0 Å². The number of nitrogens with zero attached hydrogens (tertiary/aromatic N) is 1. The van der Waals surface area contributed by atoms with Gasteiger partial charge in [-0.2, -0.15) is 0 Å². The number of benzene rings is 1. The number of carbonyl (C=O) groups excluding carboxylic acids is 2. The molecule has 6 heteroatoms. The fraction of sp³-hybridized carbons (Fsp3) is 0.429. The Balaban J connectivity index is 1.96. The summed E-state index contributed by atoms with van der Waals surface area (Å²) in [5.74, 6) is -0.240. The standard InChI is InChI=1S/C21H22N2O4/c1-11-7-14-20(17(24)9-11)19(13-5-3-4-6-16(13)23(26)27)21-15(22-14)8-12(2)10-18(21)25/h3-6,11-12,19,22H,7-10H2,1-2H3. The van der Waals surface area contributed by atoms with E-state index in [1.165, 1.54) is 6.07 Å². The van der Waals surface area contributed by atoms with E-state index in [0.29, 0.717) is 29.6 Å². The average Bonchev–Trinajstić information content (AvgIpc) is 2.59. The molecule has 1 aromatic rings. The van der Waals surface area contributed by atoms with Crippen molar-refractivity contribution in [2.45, 2.75) is 45.4 Å². The molecule has 140 valence electrons. The normalized spacial score (nSPS) is 27.9. The van der Waals surface area contributed by atoms with E-state index in [-0.39, 0.29) is 29.1 Å². The van der Waals surface area contributed by atoms with Crippen LogP contribution in [0.25, 0.3) is 0 Å². The van der Waals surface area contributed by atoms with E-state index in [9.17, 15) is 19.7 Å². The van der Waals surface area contributed by atoms with Crippen LogP contribution in [-0.4, -0.2) is 16.5 Å². The topological polar surface area (TPSA) is 89.3 Å². The maximum Gasteiger partial charge on any atom is 0.273 e. The Labute approximate surface area is 157 Å². The Morgan fingerprint density at radius 2 is 1.44 bits per heavy atom. The fourth-order valence-corrected chi connectivity index (χ4v) is 4.69. The molecular weight excluding hydrogens is 344 g/mol. The molecule has 27 heavy (non-hydrogen) atoms. The Bertz CT molecular complexity index is 882. The first-order valence-electron chi connectivity index (χ1n) is 9.39. The number of para-hydroxylation sites is 1. The molecule has 0 saturated heterocycles. The highest BCUT2D eigenvalue weighted by atomic mass is 16.6. The second-order valence-corrected chi connectivity index (χ2v) is 8.03. The lowest BCUT2D eigenvalue weighted by Crippen LogP contribution is -2.39. The van der Waals surface area contributed by atoms with Crippen molar-refractivity contribution in [3.63, 3.8) is 0 Å². The van der Waals surface area contributed by atoms with Crippen LogP contribution in [-0.2, 0) is 9.59 Å². The Morgan fingerprint density at radius 3 is 1.96 bits per heavy atom. The number of hydrogen-bond donors (Lipinski definition) is 1. The van der Waals surface area contributed by atoms with E-state index in [2.05, 4.69) is 5.32 Å². The van der Waals surface area contributed by atoms with Gasteiger partial charge in [-0.3, -0.25) is 19.7 Å². The summed E-state index contributed by atoms with van der Waals surface area (Å²) in [4.78, 5) is 37.1. The third-order valence-corrected chi connectivity index (χ3v) is 5.75. The molecule has 6 nitrogen and oxygen atoms in total. The number of nitro benzene ring substituents is 1. The lowest BCUT2D eigenvalue weighted by Gasteiger charge is -2.39. The first-order valence-corrected chi connectivity index (χ1v) is 9.39. The summed E-state index contributed by atoms with van der Waals surface area (Å²) in [7, 11) is 0. The van der Waals surface area contributed by atoms with Gasteiger partial charge >= 0.3 is 0 Å². The van der Waals surface area contributed by atoms with E-state index < -0.39 is 10.8 Å². The molecule has 0 amide bonds. The van der Waals surface area contributed by atoms with Crippen molar-refractivity contribution in [1.82, 2.24) is 5.32 Å². The van der Waals surface area contributed by atoms with Crippen LogP contribution in [0.4, 0.5) is 5.69 Å². The Morgan fingerprint density at radius 1 is 0.926 bits per heavy atom. The summed E-state index contributed by atoms with van der Waals surface area (Å²) < 4.78 is 0. The summed E-state index contributed by atoms with van der Waals surface area (Å²) in [6.07, 6.45) is 2.25. The molecule has 1 aromatic carbocycles. The molecule has 2 unspecified atom stereocenters. The minimum atomic E-state index is -0.641. The second-order valence-electron chi connectivity index (χ2n) is 8.03. The highest BCUT2D eigenvalue weighted by Gasteiger charge is 2.44. The molecule has 2 atom stereocenters. The number of dihydropyridines is 1. The minimum Gasteiger partial charge on any atom is -0.362 e. The number of ketones is 2. The Kier molecular flexibility index (Phi) is 4.21. The number of hydrogen-bond acceptors (Lipinski definition) is 5. The molecule has 1 heterocycles. The van der Waals surface area contributed by atoms with Crippen LogP contribution in [0, 0.1) is 22.0 Å². The molecule has 4 rings (SSSR count). The maximum atomic E-state index is 12.9. The number of nitro groups is 1. The van der Waals surface area contributed by atoms with Gasteiger partial charge in [0, 0.05) is 47.0 Å². The summed E-state index contributed by atoms with van der Waals surface area (Å²) in [5.41, 5.74) is 3.16. The molecule has 0 aromatic heterocycles. The smallest absolute Gasteiger partial charge is 0.273 e. The van der Waals surface area contributed by atoms with Crippen molar-refractivity contribution in [3.05, 3.63) is 62.5 Å². The van der Waals surface area contributed by atoms with Gasteiger partial charge in [0.25, 0.3) is 5.69 Å². The zero-order valence-electron chi connectivity index (χ0n) is 15.5. The predicted octanol–water partition coefficient (Wildman–Crippen LogP) is 3.79. The second kappa shape index (κ2) is 6.44. The molecular formula is C21H22N2O4. The molecule has 0 spiro atoms. The molecule has 0 saturated carbocycles. The van der Waals surface area contributed by atoms with Gasteiger partial charge in [-0.1, -0.05) is 32.0 Å². The van der Waals surface area contributed by atoms with E-state index in [1.807, 2.05) is 13.8 Å². The molecule has 0 fully saturated rings. The molecule has 0 bridgehead atoms. The van der Waals surface area contributed by atoms with Gasteiger partial charge in [0.05, 0.1) is 10.8 Å². The SMILES string of the molecule is CC1CC(=O)C2=C(C1)NC1=C(C(=O)CC(C)C1)C2c1ccccc1[N+](=O)[O-]. The van der Waals surface area contributed by atoms with E-state index >= 15 is 0 Å². The van der Waals surface area contributed by atoms with Crippen LogP contribution in [0.3, 0.4) is 0 Å². The van der Waals surface area contributed by atoms with Gasteiger partial charge < -0.3 is 5.32 Å². The van der Waals surface area contributed by atoms with E-state index in [0.717, 1.165) is 24.2 Å². The van der Waals surface area contributed by atoms with Crippen LogP contribution >= 0.6 is 0 Å². The first kappa shape index (κ1) is 17.6. The van der Waals surface area contributed by atoms with E-state index in [1.54, 1.807) is 18.2 Å². The lowest BCUT2D eigenvalue weighted by atomic mass is 9.69. The molecule has 3 aliphatic rings. The molecule has 2 aliphatic carbocycles. The molecule has 1 N–H and O–H groups in total. The summed E-state index contributed by atoms with van der Waals surface area (Å²) in [5, 5.41) is 15.0. The highest BCUT2D eigenvalue weighted by Crippen LogP contribution is 2.48. The van der Waals surface area contributed by atoms with Crippen molar-refractivity contribution >= 4 is 17.3 Å². The van der Waals surface area contributed by atoms with E-state index in [4.69, 9.17) is 0 Å². The number of Topliss-reactive ketones (excluding diaryl/α,β-unsaturated/α-hetero) is 2. The maximum absolute atomic E-state index is 12.9. The highest BCUT2D eigenvalue weighted by molar-refractivity contribution is 6.06. The van der Waals surface area contributed by atoms with Crippen molar-refractivity contribution in [2.75, 3.05) is 0 Å². The van der Waals surface area contributed by atoms with Gasteiger partial charge in [-0.05, 0) is 24.7 Å². The summed E-state index contributed by atoms with van der Waals surface area (Å²) >= 11 is 0.